The fourth-order valence-electron chi connectivity index (χ4n) is 10.7. The van der Waals surface area contributed by atoms with Gasteiger partial charge in [-0.2, -0.15) is 0 Å². The number of aldehydes is 1. The number of carbonyl (C=O) groups is 1. The first-order valence-electron chi connectivity index (χ1n) is 11.1. The Balaban J connectivity index is 1.24. The van der Waals surface area contributed by atoms with Gasteiger partial charge in [0.15, 0.2) is 0 Å². The monoisotopic (exact) mass is 342 g/mol. The molecule has 0 aromatic heterocycles. The van der Waals surface area contributed by atoms with E-state index in [0.717, 1.165) is 82.9 Å². The van der Waals surface area contributed by atoms with Gasteiger partial charge in [0, 0.05) is 5.56 Å². The standard InChI is InChI=1S/C25H26O/c26-10-13-2-1-3-14-15(13)7-16-17-8-20(23(14)16)25-19-9-18(24(17)25)21-11-4-5-12(6-11)22(19)21/h1-5,10-12,16-25H,6-9H2. The van der Waals surface area contributed by atoms with E-state index in [1.54, 1.807) is 12.0 Å². The summed E-state index contributed by atoms with van der Waals surface area (Å²) in [5.41, 5.74) is 4.00. The highest BCUT2D eigenvalue weighted by Crippen LogP contribution is 2.79. The van der Waals surface area contributed by atoms with Gasteiger partial charge in [-0.05, 0) is 108 Å². The molecule has 1 aromatic rings. The maximum Gasteiger partial charge on any atom is 0.150 e. The smallest absolute Gasteiger partial charge is 0.150 e. The summed E-state index contributed by atoms with van der Waals surface area (Å²) in [6.07, 6.45) is 12.1. The fourth-order valence-corrected chi connectivity index (χ4v) is 10.7. The van der Waals surface area contributed by atoms with E-state index in [-0.39, 0.29) is 0 Å². The number of fused-ring (bicyclic) bond motifs is 21. The van der Waals surface area contributed by atoms with Crippen LogP contribution in [-0.2, 0) is 6.42 Å². The van der Waals surface area contributed by atoms with Gasteiger partial charge in [-0.1, -0.05) is 30.4 Å². The molecule has 0 saturated heterocycles. The van der Waals surface area contributed by atoms with Gasteiger partial charge >= 0.3 is 0 Å². The predicted octanol–water partition coefficient (Wildman–Crippen LogP) is 4.73. The third-order valence-electron chi connectivity index (χ3n) is 10.7. The molecule has 132 valence electrons. The van der Waals surface area contributed by atoms with Crippen LogP contribution in [0.3, 0.4) is 0 Å². The van der Waals surface area contributed by atoms with Gasteiger partial charge in [0.05, 0.1) is 0 Å². The molecule has 0 N–H and O–H groups in total. The minimum absolute atomic E-state index is 0.795. The van der Waals surface area contributed by atoms with E-state index in [1.807, 2.05) is 6.07 Å². The van der Waals surface area contributed by atoms with Crippen molar-refractivity contribution in [3.05, 3.63) is 47.0 Å². The van der Waals surface area contributed by atoms with Crippen molar-refractivity contribution in [3.63, 3.8) is 0 Å². The molecule has 1 aromatic carbocycles. The zero-order chi connectivity index (χ0) is 16.7. The second-order valence-electron chi connectivity index (χ2n) is 10.8. The summed E-state index contributed by atoms with van der Waals surface area (Å²) < 4.78 is 0. The van der Waals surface area contributed by atoms with Crippen LogP contribution >= 0.6 is 0 Å². The number of rotatable bonds is 1. The molecule has 7 aliphatic carbocycles. The Morgan fingerprint density at radius 2 is 1.50 bits per heavy atom. The van der Waals surface area contributed by atoms with Crippen LogP contribution in [-0.4, -0.2) is 6.29 Å². The summed E-state index contributed by atoms with van der Waals surface area (Å²) >= 11 is 0. The van der Waals surface area contributed by atoms with Gasteiger partial charge in [-0.3, -0.25) is 4.79 Å². The van der Waals surface area contributed by atoms with Crippen molar-refractivity contribution in [2.45, 2.75) is 31.6 Å². The van der Waals surface area contributed by atoms with E-state index in [9.17, 15) is 4.79 Å². The van der Waals surface area contributed by atoms with Crippen LogP contribution in [0.5, 0.6) is 0 Å². The Labute approximate surface area is 155 Å². The summed E-state index contributed by atoms with van der Waals surface area (Å²) in [4.78, 5) is 11.6. The van der Waals surface area contributed by atoms with Crippen molar-refractivity contribution >= 4 is 6.29 Å². The van der Waals surface area contributed by atoms with Gasteiger partial charge in [-0.15, -0.1) is 0 Å². The first-order valence-corrected chi connectivity index (χ1v) is 11.1. The molecule has 0 radical (unpaired) electrons. The Bertz CT molecular complexity index is 882. The van der Waals surface area contributed by atoms with E-state index >= 15 is 0 Å². The first kappa shape index (κ1) is 13.7. The molecule has 5 saturated carbocycles. The lowest BCUT2D eigenvalue weighted by molar-refractivity contribution is 0.0229. The first-order chi connectivity index (χ1) is 12.8. The summed E-state index contributed by atoms with van der Waals surface area (Å²) in [6.45, 7) is 0. The molecule has 0 spiro atoms. The van der Waals surface area contributed by atoms with Gasteiger partial charge in [0.2, 0.25) is 0 Å². The molecule has 1 heteroatoms. The number of carbonyl (C=O) groups excluding carboxylic acids is 1. The third kappa shape index (κ3) is 1.26. The second-order valence-corrected chi connectivity index (χ2v) is 10.8. The lowest BCUT2D eigenvalue weighted by Gasteiger charge is -2.47. The van der Waals surface area contributed by atoms with Crippen LogP contribution in [0, 0.1) is 65.1 Å². The van der Waals surface area contributed by atoms with Gasteiger partial charge < -0.3 is 0 Å². The zero-order valence-electron chi connectivity index (χ0n) is 15.1. The molecule has 26 heavy (non-hydrogen) atoms. The Morgan fingerprint density at radius 1 is 0.769 bits per heavy atom. The summed E-state index contributed by atoms with van der Waals surface area (Å²) in [7, 11) is 0. The predicted molar refractivity (Wildman–Crippen MR) is 99.7 cm³/mol. The highest BCUT2D eigenvalue weighted by Gasteiger charge is 2.73. The Kier molecular flexibility index (Phi) is 2.22. The average Bonchev–Trinajstić information content (AvgIpc) is 3.48. The van der Waals surface area contributed by atoms with Crippen LogP contribution in [0.4, 0.5) is 0 Å². The van der Waals surface area contributed by atoms with Crippen LogP contribution < -0.4 is 0 Å². The minimum atomic E-state index is 0.795. The van der Waals surface area contributed by atoms with Crippen LogP contribution in [0.15, 0.2) is 30.4 Å². The van der Waals surface area contributed by atoms with Crippen molar-refractivity contribution < 1.29 is 4.79 Å². The highest BCUT2D eigenvalue weighted by atomic mass is 16.1. The van der Waals surface area contributed by atoms with Gasteiger partial charge in [0.1, 0.15) is 6.29 Å². The molecular weight excluding hydrogens is 316 g/mol. The van der Waals surface area contributed by atoms with E-state index in [1.165, 1.54) is 24.8 Å². The highest BCUT2D eigenvalue weighted by molar-refractivity contribution is 5.78. The lowest BCUT2D eigenvalue weighted by atomic mass is 9.57. The van der Waals surface area contributed by atoms with Crippen LogP contribution in [0.2, 0.25) is 0 Å². The molecule has 7 aliphatic rings. The molecular formula is C25H26O. The summed E-state index contributed by atoms with van der Waals surface area (Å²) in [5, 5.41) is 0. The molecule has 8 rings (SSSR count). The minimum Gasteiger partial charge on any atom is -0.298 e. The fraction of sp³-hybridized carbons (Fsp3) is 0.640. The topological polar surface area (TPSA) is 17.1 Å². The van der Waals surface area contributed by atoms with Crippen molar-refractivity contribution in [2.24, 2.45) is 65.1 Å². The number of hydrogen-bond acceptors (Lipinski definition) is 1. The van der Waals surface area contributed by atoms with Gasteiger partial charge in [-0.25, -0.2) is 0 Å². The molecule has 0 amide bonds. The third-order valence-corrected chi connectivity index (χ3v) is 10.7. The van der Waals surface area contributed by atoms with Crippen molar-refractivity contribution in [2.75, 3.05) is 0 Å². The molecule has 5 fully saturated rings. The second kappa shape index (κ2) is 4.21. The van der Waals surface area contributed by atoms with Crippen LogP contribution in [0.25, 0.3) is 0 Å². The van der Waals surface area contributed by atoms with Crippen molar-refractivity contribution in [1.82, 2.24) is 0 Å². The molecule has 6 bridgehead atoms. The Hall–Kier alpha value is -1.37. The molecule has 1 nitrogen and oxygen atoms in total. The Morgan fingerprint density at radius 3 is 2.27 bits per heavy atom. The van der Waals surface area contributed by atoms with E-state index < -0.39 is 0 Å². The van der Waals surface area contributed by atoms with Crippen molar-refractivity contribution in [3.8, 4) is 0 Å². The largest absolute Gasteiger partial charge is 0.298 e. The average molecular weight is 342 g/mol. The number of hydrogen-bond donors (Lipinski definition) is 0. The molecule has 12 atom stereocenters. The zero-order valence-corrected chi connectivity index (χ0v) is 15.1. The van der Waals surface area contributed by atoms with E-state index in [4.69, 9.17) is 0 Å². The maximum absolute atomic E-state index is 11.6. The van der Waals surface area contributed by atoms with Gasteiger partial charge in [0.25, 0.3) is 0 Å². The molecule has 12 unspecified atom stereocenters. The molecule has 0 aliphatic heterocycles. The number of allylic oxidation sites excluding steroid dienone is 2. The summed E-state index contributed by atoms with van der Waals surface area (Å²) in [5.74, 6) is 11.8. The molecule has 0 heterocycles. The van der Waals surface area contributed by atoms with Crippen LogP contribution in [0.1, 0.15) is 46.7 Å². The SMILES string of the molecule is O=Cc1cccc2c1CC1C3CC(C21)C1C2CC(C4C5C=CC(C5)C24)C31. The van der Waals surface area contributed by atoms with E-state index in [2.05, 4.69) is 24.3 Å². The van der Waals surface area contributed by atoms with E-state index in [0.29, 0.717) is 0 Å². The maximum atomic E-state index is 11.6. The van der Waals surface area contributed by atoms with Crippen molar-refractivity contribution in [1.29, 1.82) is 0 Å². The lowest BCUT2D eigenvalue weighted by Crippen LogP contribution is -2.43. The normalized spacial score (nSPS) is 58.2. The quantitative estimate of drug-likeness (QED) is 0.410. The summed E-state index contributed by atoms with van der Waals surface area (Å²) in [6, 6.07) is 6.57. The number of benzene rings is 1.